The molecule has 4 N–H and O–H groups in total. The highest BCUT2D eigenvalue weighted by Crippen LogP contribution is 2.35. The van der Waals surface area contributed by atoms with Crippen LogP contribution in [0.5, 0.6) is 5.75 Å². The van der Waals surface area contributed by atoms with Crippen LogP contribution in [0.3, 0.4) is 0 Å². The molecule has 0 bridgehead atoms. The topological polar surface area (TPSA) is 143 Å². The summed E-state index contributed by atoms with van der Waals surface area (Å²) in [7, 11) is 1.54. The van der Waals surface area contributed by atoms with Gasteiger partial charge in [0, 0.05) is 35.8 Å². The van der Waals surface area contributed by atoms with Crippen LogP contribution in [-0.2, 0) is 19.2 Å². The minimum Gasteiger partial charge on any atom is -0.496 e. The number of methoxy groups -OCH3 is 1. The van der Waals surface area contributed by atoms with E-state index in [-0.39, 0.29) is 23.8 Å². The Morgan fingerprint density at radius 2 is 1.68 bits per heavy atom. The van der Waals surface area contributed by atoms with E-state index in [0.717, 1.165) is 25.1 Å². The summed E-state index contributed by atoms with van der Waals surface area (Å²) in [5, 5.41) is 11.8. The summed E-state index contributed by atoms with van der Waals surface area (Å²) in [5.74, 6) is -2.78. The summed E-state index contributed by atoms with van der Waals surface area (Å²) in [5.41, 5.74) is 1.96. The average Bonchev–Trinajstić information content (AvgIpc) is 3.01. The van der Waals surface area contributed by atoms with E-state index >= 15 is 0 Å². The number of ketones is 2. The van der Waals surface area contributed by atoms with Crippen molar-refractivity contribution in [1.82, 2.24) is 16.0 Å². The predicted molar refractivity (Wildman–Crippen MR) is 168 cm³/mol. The van der Waals surface area contributed by atoms with E-state index in [9.17, 15) is 24.0 Å². The largest absolute Gasteiger partial charge is 0.496 e. The van der Waals surface area contributed by atoms with Crippen LogP contribution in [0.25, 0.3) is 5.57 Å². The van der Waals surface area contributed by atoms with E-state index in [4.69, 9.17) is 4.74 Å². The number of Topliss-reactive ketones (excluding diaryl/α,β-unsaturated/α-hetero) is 2. The lowest BCUT2D eigenvalue weighted by molar-refractivity contribution is -0.131. The molecule has 0 saturated carbocycles. The molecule has 10 heteroatoms. The lowest BCUT2D eigenvalue weighted by atomic mass is 9.88. The van der Waals surface area contributed by atoms with E-state index in [1.807, 2.05) is 32.1 Å². The van der Waals surface area contributed by atoms with E-state index in [0.29, 0.717) is 42.7 Å². The number of amides is 3. The fourth-order valence-electron chi connectivity index (χ4n) is 5.68. The molecule has 2 heterocycles. The number of anilines is 1. The Hall–Kier alpha value is -4.47. The Morgan fingerprint density at radius 1 is 0.932 bits per heavy atom. The van der Waals surface area contributed by atoms with Crippen LogP contribution in [0.15, 0.2) is 54.6 Å². The number of carbonyl (C=O) groups is 5. The van der Waals surface area contributed by atoms with Crippen molar-refractivity contribution in [2.24, 2.45) is 11.8 Å². The highest BCUT2D eigenvalue weighted by molar-refractivity contribution is 6.45. The third-order valence-corrected chi connectivity index (χ3v) is 7.95. The highest BCUT2D eigenvalue weighted by atomic mass is 16.5. The van der Waals surface area contributed by atoms with Gasteiger partial charge < -0.3 is 26.0 Å². The van der Waals surface area contributed by atoms with Crippen LogP contribution in [0.4, 0.5) is 5.69 Å². The highest BCUT2D eigenvalue weighted by Gasteiger charge is 2.35. The molecular formula is C34H42N4O6. The normalized spacial score (nSPS) is 19.0. The number of benzene rings is 2. The number of carbonyl (C=O) groups excluding carboxylic acids is 5. The molecule has 4 rings (SSSR count). The molecule has 44 heavy (non-hydrogen) atoms. The quantitative estimate of drug-likeness (QED) is 0.215. The van der Waals surface area contributed by atoms with Gasteiger partial charge in [-0.1, -0.05) is 56.3 Å². The third-order valence-electron chi connectivity index (χ3n) is 7.95. The number of hydrogen-bond donors (Lipinski definition) is 4. The molecular weight excluding hydrogens is 560 g/mol. The molecule has 0 spiro atoms. The zero-order valence-electron chi connectivity index (χ0n) is 25.6. The molecule has 2 unspecified atom stereocenters. The standard InChI is InChI=1S/C34H42N4O6/c1-21(2)19-27(38-33(42)24-14-7-8-17-35-25-15-9-16-28(44-3)29(24)25)34(43)37-26(20-23-13-10-18-36-32(23)41)31(40)30(39)22-11-5-4-6-12-22/h4-6,9,11-12,14-16,21,23,26-27,35H,7-8,10,13,17-20H2,1-3H3,(H,36,41)(H,37,43)(H,38,42)/b24-14+/t23?,26?,27-/m0/s1. The number of piperidine rings is 1. The second kappa shape index (κ2) is 15.3. The van der Waals surface area contributed by atoms with Crippen molar-refractivity contribution in [1.29, 1.82) is 0 Å². The number of hydrogen-bond acceptors (Lipinski definition) is 7. The summed E-state index contributed by atoms with van der Waals surface area (Å²) < 4.78 is 5.58. The van der Waals surface area contributed by atoms with Gasteiger partial charge >= 0.3 is 0 Å². The zero-order chi connectivity index (χ0) is 31.6. The molecule has 0 aliphatic carbocycles. The first kappa shape index (κ1) is 32.4. The van der Waals surface area contributed by atoms with Gasteiger partial charge in [-0.05, 0) is 56.6 Å². The Bertz CT molecular complexity index is 1400. The maximum Gasteiger partial charge on any atom is 0.252 e. The molecule has 2 aliphatic rings. The van der Waals surface area contributed by atoms with Crippen molar-refractivity contribution in [3.05, 3.63) is 65.7 Å². The summed E-state index contributed by atoms with van der Waals surface area (Å²) >= 11 is 0. The number of fused-ring (bicyclic) bond motifs is 1. The molecule has 1 saturated heterocycles. The molecule has 2 aromatic carbocycles. The Balaban J connectivity index is 1.60. The van der Waals surface area contributed by atoms with Crippen molar-refractivity contribution in [3.8, 4) is 5.75 Å². The van der Waals surface area contributed by atoms with Gasteiger partial charge in [0.05, 0.1) is 18.7 Å². The maximum absolute atomic E-state index is 13.8. The smallest absolute Gasteiger partial charge is 0.252 e. The summed E-state index contributed by atoms with van der Waals surface area (Å²) in [6.07, 6.45) is 4.87. The fourth-order valence-corrected chi connectivity index (χ4v) is 5.68. The third kappa shape index (κ3) is 8.12. The van der Waals surface area contributed by atoms with Crippen molar-refractivity contribution >= 4 is 40.5 Å². The number of rotatable bonds is 12. The van der Waals surface area contributed by atoms with Gasteiger partial charge in [0.1, 0.15) is 11.8 Å². The molecule has 0 aromatic heterocycles. The minimum absolute atomic E-state index is 0.0152. The van der Waals surface area contributed by atoms with Crippen molar-refractivity contribution in [2.45, 2.75) is 64.5 Å². The van der Waals surface area contributed by atoms with Crippen molar-refractivity contribution < 1.29 is 28.7 Å². The van der Waals surface area contributed by atoms with Crippen LogP contribution in [0, 0.1) is 11.8 Å². The van der Waals surface area contributed by atoms with Gasteiger partial charge in [-0.25, -0.2) is 0 Å². The molecule has 3 atom stereocenters. The monoisotopic (exact) mass is 602 g/mol. The van der Waals surface area contributed by atoms with Gasteiger partial charge in [-0.2, -0.15) is 0 Å². The van der Waals surface area contributed by atoms with Gasteiger partial charge in [0.15, 0.2) is 0 Å². The molecule has 2 aliphatic heterocycles. The molecule has 10 nitrogen and oxygen atoms in total. The molecule has 3 amide bonds. The predicted octanol–water partition coefficient (Wildman–Crippen LogP) is 3.67. The van der Waals surface area contributed by atoms with Gasteiger partial charge in [0.2, 0.25) is 23.4 Å². The van der Waals surface area contributed by atoms with Crippen LogP contribution >= 0.6 is 0 Å². The van der Waals surface area contributed by atoms with Gasteiger partial charge in [-0.15, -0.1) is 0 Å². The van der Waals surface area contributed by atoms with Crippen molar-refractivity contribution in [3.63, 3.8) is 0 Å². The summed E-state index contributed by atoms with van der Waals surface area (Å²) in [4.78, 5) is 67.0. The second-order valence-electron chi connectivity index (χ2n) is 11.7. The summed E-state index contributed by atoms with van der Waals surface area (Å²) in [6.45, 7) is 5.14. The van der Waals surface area contributed by atoms with Crippen LogP contribution in [0.1, 0.15) is 68.3 Å². The van der Waals surface area contributed by atoms with Crippen LogP contribution in [-0.4, -0.2) is 61.6 Å². The fraction of sp³-hybridized carbons (Fsp3) is 0.441. The van der Waals surface area contributed by atoms with Gasteiger partial charge in [-0.3, -0.25) is 24.0 Å². The maximum atomic E-state index is 13.8. The molecule has 234 valence electrons. The van der Waals surface area contributed by atoms with E-state index in [1.165, 1.54) is 12.1 Å². The van der Waals surface area contributed by atoms with E-state index in [2.05, 4.69) is 21.3 Å². The first-order valence-electron chi connectivity index (χ1n) is 15.3. The van der Waals surface area contributed by atoms with Crippen LogP contribution < -0.4 is 26.0 Å². The number of ether oxygens (including phenoxy) is 1. The second-order valence-corrected chi connectivity index (χ2v) is 11.7. The molecule has 2 aromatic rings. The molecule has 1 fully saturated rings. The van der Waals surface area contributed by atoms with Gasteiger partial charge in [0.25, 0.3) is 5.91 Å². The lowest BCUT2D eigenvalue weighted by Crippen LogP contribution is -2.54. The SMILES string of the molecule is COc1cccc2c1/C(C(=O)N[C@@H](CC(C)C)C(=O)NC(CC1CCCNC1=O)C(=O)C(=O)c1ccccc1)=C\CCCN2. The number of allylic oxidation sites excluding steroid dienone is 1. The van der Waals surface area contributed by atoms with E-state index < -0.39 is 41.4 Å². The van der Waals surface area contributed by atoms with Crippen molar-refractivity contribution in [2.75, 3.05) is 25.5 Å². The summed E-state index contributed by atoms with van der Waals surface area (Å²) in [6, 6.07) is 11.4. The van der Waals surface area contributed by atoms with E-state index in [1.54, 1.807) is 31.4 Å². The average molecular weight is 603 g/mol. The Morgan fingerprint density at radius 3 is 2.39 bits per heavy atom. The Labute approximate surface area is 258 Å². The Kier molecular flexibility index (Phi) is 11.3. The molecule has 0 radical (unpaired) electrons. The number of nitrogens with one attached hydrogen (secondary N) is 4. The zero-order valence-corrected chi connectivity index (χ0v) is 25.6. The first-order valence-corrected chi connectivity index (χ1v) is 15.3. The minimum atomic E-state index is -1.23. The van der Waals surface area contributed by atoms with Crippen LogP contribution in [0.2, 0.25) is 0 Å². The first-order chi connectivity index (χ1) is 21.2. The lowest BCUT2D eigenvalue weighted by Gasteiger charge is -2.28.